The van der Waals surface area contributed by atoms with Gasteiger partial charge >= 0.3 is 0 Å². The van der Waals surface area contributed by atoms with Crippen LogP contribution < -0.4 is 4.90 Å². The molecule has 2 bridgehead atoms. The lowest BCUT2D eigenvalue weighted by atomic mass is 9.95. The van der Waals surface area contributed by atoms with Crippen molar-refractivity contribution in [1.29, 1.82) is 0 Å². The van der Waals surface area contributed by atoms with E-state index >= 15 is 0 Å². The molecule has 2 N–H and O–H groups in total. The number of aromatic nitrogens is 2. The number of rotatable bonds is 5. The van der Waals surface area contributed by atoms with Gasteiger partial charge in [-0.3, -0.25) is 9.47 Å². The molecule has 3 aromatic rings. The predicted molar refractivity (Wildman–Crippen MR) is 131 cm³/mol. The summed E-state index contributed by atoms with van der Waals surface area (Å²) >= 11 is 1.59. The van der Waals surface area contributed by atoms with E-state index in [1.165, 1.54) is 15.7 Å². The number of piperazine rings is 1. The Morgan fingerprint density at radius 2 is 1.61 bits per heavy atom. The van der Waals surface area contributed by atoms with E-state index in [4.69, 9.17) is 4.37 Å². The molecule has 4 aliphatic rings. The van der Waals surface area contributed by atoms with E-state index in [-0.39, 0.29) is 0 Å². The highest BCUT2D eigenvalue weighted by atomic mass is 32.1. The van der Waals surface area contributed by atoms with Crippen molar-refractivity contribution >= 4 is 27.4 Å². The summed E-state index contributed by atoms with van der Waals surface area (Å²) in [7, 11) is 0. The zero-order valence-electron chi connectivity index (χ0n) is 18.8. The Hall–Kier alpha value is -2.51. The smallest absolute Gasteiger partial charge is 0.197 e. The molecule has 2 aromatic heterocycles. The van der Waals surface area contributed by atoms with Crippen molar-refractivity contribution in [3.8, 4) is 11.8 Å². The van der Waals surface area contributed by atoms with Gasteiger partial charge in [-0.25, -0.2) is 0 Å². The molecule has 4 atom stereocenters. The first kappa shape index (κ1) is 19.9. The van der Waals surface area contributed by atoms with Crippen LogP contribution in [0.3, 0.4) is 0 Å². The number of hydrogen-bond donors (Lipinski definition) is 2. The summed E-state index contributed by atoms with van der Waals surface area (Å²) in [6, 6.07) is 8.49. The molecule has 3 heterocycles. The summed E-state index contributed by atoms with van der Waals surface area (Å²) in [4.78, 5) is 4.96. The van der Waals surface area contributed by atoms with Gasteiger partial charge in [-0.05, 0) is 54.8 Å². The van der Waals surface area contributed by atoms with Crippen LogP contribution in [-0.2, 0) is 6.54 Å². The van der Waals surface area contributed by atoms with Gasteiger partial charge in [-0.1, -0.05) is 24.3 Å². The lowest BCUT2D eigenvalue weighted by molar-refractivity contribution is 0.242. The number of hydrogen-bond acceptors (Lipinski definition) is 6. The molecule has 0 radical (unpaired) electrons. The van der Waals surface area contributed by atoms with E-state index in [9.17, 15) is 10.2 Å². The van der Waals surface area contributed by atoms with E-state index in [0.717, 1.165) is 68.9 Å². The summed E-state index contributed by atoms with van der Waals surface area (Å²) < 4.78 is 7.75. The maximum Gasteiger partial charge on any atom is 0.197 e. The molecular weight excluding hydrogens is 432 g/mol. The van der Waals surface area contributed by atoms with Crippen molar-refractivity contribution in [3.63, 3.8) is 0 Å². The maximum atomic E-state index is 10.9. The van der Waals surface area contributed by atoms with Gasteiger partial charge in [0.15, 0.2) is 11.8 Å². The Kier molecular flexibility index (Phi) is 4.37. The lowest BCUT2D eigenvalue weighted by Crippen LogP contribution is -2.47. The number of aromatic hydroxyl groups is 2. The lowest BCUT2D eigenvalue weighted by Gasteiger charge is -2.35. The molecule has 1 saturated heterocycles. The van der Waals surface area contributed by atoms with E-state index < -0.39 is 0 Å². The minimum Gasteiger partial charge on any atom is -0.494 e. The van der Waals surface area contributed by atoms with Crippen LogP contribution in [0.2, 0.25) is 0 Å². The molecule has 0 amide bonds. The first-order chi connectivity index (χ1) is 16.1. The molecule has 2 saturated carbocycles. The Bertz CT molecular complexity index is 1220. The van der Waals surface area contributed by atoms with Crippen LogP contribution in [0, 0.1) is 11.8 Å². The molecule has 33 heavy (non-hydrogen) atoms. The molecule has 3 aliphatic carbocycles. The SMILES string of the molecule is C=C1C(CN2CCN(c3nsc4ccccc34)CC2)C1Cn1c(O)c2c(c1O)C1CCC2C1. The van der Waals surface area contributed by atoms with Crippen molar-refractivity contribution in [3.05, 3.63) is 47.5 Å². The van der Waals surface area contributed by atoms with E-state index in [0.29, 0.717) is 42.0 Å². The molecule has 4 unspecified atom stereocenters. The maximum absolute atomic E-state index is 10.9. The van der Waals surface area contributed by atoms with Gasteiger partial charge in [-0.15, -0.1) is 0 Å². The molecule has 1 aromatic carbocycles. The Labute approximate surface area is 197 Å². The fraction of sp³-hybridized carbons (Fsp3) is 0.500. The molecule has 0 spiro atoms. The highest BCUT2D eigenvalue weighted by Crippen LogP contribution is 2.60. The quantitative estimate of drug-likeness (QED) is 0.547. The van der Waals surface area contributed by atoms with Gasteiger partial charge in [0.05, 0.1) is 4.70 Å². The Morgan fingerprint density at radius 1 is 0.939 bits per heavy atom. The fourth-order valence-corrected chi connectivity index (χ4v) is 7.56. The molecule has 172 valence electrons. The minimum atomic E-state index is 0.317. The fourth-order valence-electron chi connectivity index (χ4n) is 6.77. The highest BCUT2D eigenvalue weighted by molar-refractivity contribution is 7.13. The van der Waals surface area contributed by atoms with Crippen molar-refractivity contribution in [1.82, 2.24) is 13.8 Å². The topological polar surface area (TPSA) is 64.8 Å². The van der Waals surface area contributed by atoms with Crippen LogP contribution in [0.25, 0.3) is 10.1 Å². The van der Waals surface area contributed by atoms with Crippen molar-refractivity contribution in [2.45, 2.75) is 37.6 Å². The number of nitrogens with zero attached hydrogens (tertiary/aromatic N) is 4. The van der Waals surface area contributed by atoms with Crippen LogP contribution in [0.4, 0.5) is 5.82 Å². The van der Waals surface area contributed by atoms with Gasteiger partial charge in [0.1, 0.15) is 5.82 Å². The first-order valence-electron chi connectivity index (χ1n) is 12.2. The molecule has 7 rings (SSSR count). The molecule has 1 aliphatic heterocycles. The third kappa shape index (κ3) is 2.98. The average molecular weight is 463 g/mol. The summed E-state index contributed by atoms with van der Waals surface area (Å²) in [5.74, 6) is 3.44. The predicted octanol–water partition coefficient (Wildman–Crippen LogP) is 4.50. The summed E-state index contributed by atoms with van der Waals surface area (Å²) in [6.45, 7) is 10.0. The first-order valence-corrected chi connectivity index (χ1v) is 13.0. The third-order valence-electron chi connectivity index (χ3n) is 8.73. The monoisotopic (exact) mass is 462 g/mol. The van der Waals surface area contributed by atoms with Crippen molar-refractivity contribution in [2.75, 3.05) is 37.6 Å². The van der Waals surface area contributed by atoms with Gasteiger partial charge < -0.3 is 15.1 Å². The number of fused-ring (bicyclic) bond motifs is 6. The van der Waals surface area contributed by atoms with Crippen LogP contribution in [0.1, 0.15) is 42.2 Å². The van der Waals surface area contributed by atoms with Crippen molar-refractivity contribution < 1.29 is 10.2 Å². The molecule has 6 nitrogen and oxygen atoms in total. The van der Waals surface area contributed by atoms with Gasteiger partial charge in [0.2, 0.25) is 0 Å². The minimum absolute atomic E-state index is 0.317. The molecule has 7 heteroatoms. The second kappa shape index (κ2) is 7.24. The van der Waals surface area contributed by atoms with Gasteiger partial charge in [0.25, 0.3) is 0 Å². The second-order valence-electron chi connectivity index (χ2n) is 10.4. The van der Waals surface area contributed by atoms with Crippen LogP contribution in [0.15, 0.2) is 36.4 Å². The van der Waals surface area contributed by atoms with Gasteiger partial charge in [-0.2, -0.15) is 4.37 Å². The van der Waals surface area contributed by atoms with Crippen LogP contribution in [0.5, 0.6) is 11.8 Å². The summed E-state index contributed by atoms with van der Waals surface area (Å²) in [5, 5.41) is 23.0. The average Bonchev–Trinajstić information content (AvgIpc) is 3.36. The van der Waals surface area contributed by atoms with E-state index in [2.05, 4.69) is 40.6 Å². The summed E-state index contributed by atoms with van der Waals surface area (Å²) in [5.41, 5.74) is 3.34. The molecule has 3 fully saturated rings. The largest absolute Gasteiger partial charge is 0.494 e. The zero-order chi connectivity index (χ0) is 22.3. The normalized spacial score (nSPS) is 28.7. The third-order valence-corrected chi connectivity index (χ3v) is 9.54. The standard InChI is InChI=1S/C26H30N4O2S/c1-15-19(20(15)14-30-25(31)22-16-6-7-17(12-16)23(22)26(30)32)13-28-8-10-29(11-9-28)24-18-4-2-3-5-21(18)33-27-24/h2-5,16-17,19-20,31-32H,1,6-14H2. The zero-order valence-corrected chi connectivity index (χ0v) is 19.6. The number of anilines is 1. The van der Waals surface area contributed by atoms with Crippen LogP contribution >= 0.6 is 11.5 Å². The van der Waals surface area contributed by atoms with Gasteiger partial charge in [0, 0.05) is 67.6 Å². The van der Waals surface area contributed by atoms with E-state index in [1.54, 1.807) is 16.1 Å². The second-order valence-corrected chi connectivity index (χ2v) is 11.2. The van der Waals surface area contributed by atoms with E-state index in [1.807, 2.05) is 0 Å². The molecular formula is C26H30N4O2S. The van der Waals surface area contributed by atoms with Crippen LogP contribution in [-0.4, -0.2) is 56.8 Å². The summed E-state index contributed by atoms with van der Waals surface area (Å²) in [6.07, 6.45) is 3.40. The highest BCUT2D eigenvalue weighted by Gasteiger charge is 2.47. The Balaban J connectivity index is 0.992. The number of benzene rings is 1. The Morgan fingerprint density at radius 3 is 2.33 bits per heavy atom. The van der Waals surface area contributed by atoms with Crippen molar-refractivity contribution in [2.24, 2.45) is 11.8 Å².